The van der Waals surface area contributed by atoms with Gasteiger partial charge in [-0.2, -0.15) is 0 Å². The summed E-state index contributed by atoms with van der Waals surface area (Å²) >= 11 is 3.58. The molecule has 2 aromatic carbocycles. The van der Waals surface area contributed by atoms with Crippen molar-refractivity contribution in [2.24, 2.45) is 0 Å². The van der Waals surface area contributed by atoms with Crippen LogP contribution in [0, 0.1) is 13.8 Å². The molecule has 3 N–H and O–H groups in total. The molecule has 146 valence electrons. The Balaban J connectivity index is 0.000000527. The third kappa shape index (κ3) is 6.82. The number of aliphatic carboxylic acids is 2. The van der Waals surface area contributed by atoms with E-state index >= 15 is 0 Å². The van der Waals surface area contributed by atoms with Crippen LogP contribution in [0.3, 0.4) is 0 Å². The fraction of sp³-hybridized carbons (Fsp3) is 0.263. The Labute approximate surface area is 166 Å². The summed E-state index contributed by atoms with van der Waals surface area (Å²) < 4.78 is 11.6. The molecule has 0 aliphatic rings. The van der Waals surface area contributed by atoms with Crippen LogP contribution in [0.1, 0.15) is 16.7 Å². The monoisotopic (exact) mass is 439 g/mol. The maximum atomic E-state index is 9.10. The van der Waals surface area contributed by atoms with E-state index in [9.17, 15) is 0 Å². The van der Waals surface area contributed by atoms with Gasteiger partial charge in [-0.15, -0.1) is 0 Å². The molecular weight excluding hydrogens is 418 g/mol. The summed E-state index contributed by atoms with van der Waals surface area (Å²) in [6.45, 7) is 4.91. The smallest absolute Gasteiger partial charge is 0.414 e. The van der Waals surface area contributed by atoms with Gasteiger partial charge >= 0.3 is 11.9 Å². The Morgan fingerprint density at radius 3 is 2.07 bits per heavy atom. The molecule has 2 rings (SSSR count). The summed E-state index contributed by atoms with van der Waals surface area (Å²) in [6, 6.07) is 10.3. The third-order valence-corrected chi connectivity index (χ3v) is 4.34. The number of aryl methyl sites for hydroxylation is 2. The van der Waals surface area contributed by atoms with Crippen molar-refractivity contribution in [3.8, 4) is 11.5 Å². The number of rotatable bonds is 5. The Hall–Kier alpha value is -2.74. The molecule has 0 bridgehead atoms. The molecular formula is C19H22BrNO6. The number of hydrogen-bond donors (Lipinski definition) is 3. The fourth-order valence-electron chi connectivity index (χ4n) is 2.15. The van der Waals surface area contributed by atoms with Gasteiger partial charge < -0.3 is 25.0 Å². The number of carbonyl (C=O) groups is 2. The van der Waals surface area contributed by atoms with Crippen LogP contribution in [0.25, 0.3) is 0 Å². The van der Waals surface area contributed by atoms with Crippen LogP contribution in [-0.4, -0.2) is 36.4 Å². The highest BCUT2D eigenvalue weighted by atomic mass is 79.9. The van der Waals surface area contributed by atoms with Gasteiger partial charge in [0.1, 0.15) is 0 Å². The molecule has 27 heavy (non-hydrogen) atoms. The van der Waals surface area contributed by atoms with E-state index in [4.69, 9.17) is 29.3 Å². The molecule has 0 fully saturated rings. The highest BCUT2D eigenvalue weighted by molar-refractivity contribution is 9.10. The van der Waals surface area contributed by atoms with Crippen molar-refractivity contribution in [3.63, 3.8) is 0 Å². The Bertz CT molecular complexity index is 810. The molecule has 8 heteroatoms. The van der Waals surface area contributed by atoms with Gasteiger partial charge in [-0.05, 0) is 48.7 Å². The minimum atomic E-state index is -1.82. The van der Waals surface area contributed by atoms with Gasteiger partial charge in [0, 0.05) is 16.7 Å². The van der Waals surface area contributed by atoms with Gasteiger partial charge in [-0.1, -0.05) is 28.1 Å². The van der Waals surface area contributed by atoms with E-state index in [0.717, 1.165) is 27.2 Å². The number of benzene rings is 2. The highest BCUT2D eigenvalue weighted by Gasteiger charge is 2.10. The summed E-state index contributed by atoms with van der Waals surface area (Å²) in [4.78, 5) is 18.2. The molecule has 0 aliphatic heterocycles. The number of carboxylic acid groups (broad SMARTS) is 2. The maximum Gasteiger partial charge on any atom is 0.414 e. The van der Waals surface area contributed by atoms with Crippen molar-refractivity contribution in [2.75, 3.05) is 19.5 Å². The second-order valence-corrected chi connectivity index (χ2v) is 6.44. The lowest BCUT2D eigenvalue weighted by atomic mass is 10.1. The van der Waals surface area contributed by atoms with Crippen molar-refractivity contribution in [1.29, 1.82) is 0 Å². The molecule has 0 unspecified atom stereocenters. The van der Waals surface area contributed by atoms with E-state index in [-0.39, 0.29) is 0 Å². The van der Waals surface area contributed by atoms with Gasteiger partial charge in [0.05, 0.1) is 14.2 Å². The van der Waals surface area contributed by atoms with Gasteiger partial charge in [-0.3, -0.25) is 0 Å². The average molecular weight is 440 g/mol. The molecule has 0 saturated heterocycles. The topological polar surface area (TPSA) is 105 Å². The third-order valence-electron chi connectivity index (χ3n) is 3.60. The Morgan fingerprint density at radius 1 is 1.00 bits per heavy atom. The summed E-state index contributed by atoms with van der Waals surface area (Å²) in [5.74, 6) is -2.19. The predicted octanol–water partition coefficient (Wildman–Crippen LogP) is 3.85. The van der Waals surface area contributed by atoms with Crippen LogP contribution in [0.2, 0.25) is 0 Å². The van der Waals surface area contributed by atoms with Gasteiger partial charge in [0.15, 0.2) is 11.5 Å². The van der Waals surface area contributed by atoms with Crippen LogP contribution in [0.15, 0.2) is 34.8 Å². The van der Waals surface area contributed by atoms with Crippen LogP contribution < -0.4 is 14.8 Å². The summed E-state index contributed by atoms with van der Waals surface area (Å²) in [6.07, 6.45) is 0. The van der Waals surface area contributed by atoms with E-state index in [1.807, 2.05) is 12.1 Å². The summed E-state index contributed by atoms with van der Waals surface area (Å²) in [5.41, 5.74) is 4.75. The molecule has 7 nitrogen and oxygen atoms in total. The number of nitrogens with one attached hydrogen (secondary N) is 1. The number of ether oxygens (including phenoxy) is 2. The van der Waals surface area contributed by atoms with Crippen molar-refractivity contribution in [1.82, 2.24) is 0 Å². The molecule has 0 heterocycles. The quantitative estimate of drug-likeness (QED) is 0.607. The SMILES string of the molecule is COc1cc(Br)c(CNc2cc(C)ccc2C)cc1OC.O=C(O)C(=O)O. The molecule has 0 amide bonds. The lowest BCUT2D eigenvalue weighted by Gasteiger charge is -2.14. The van der Waals surface area contributed by atoms with Crippen LogP contribution in [0.4, 0.5) is 5.69 Å². The normalized spacial score (nSPS) is 9.67. The zero-order valence-corrected chi connectivity index (χ0v) is 17.1. The van der Waals surface area contributed by atoms with Crippen LogP contribution in [-0.2, 0) is 16.1 Å². The number of halogens is 1. The zero-order valence-electron chi connectivity index (χ0n) is 15.5. The lowest BCUT2D eigenvalue weighted by molar-refractivity contribution is -0.159. The first-order valence-electron chi connectivity index (χ1n) is 7.87. The van der Waals surface area contributed by atoms with E-state index in [1.54, 1.807) is 14.2 Å². The fourth-order valence-corrected chi connectivity index (χ4v) is 2.61. The first kappa shape index (κ1) is 22.3. The van der Waals surface area contributed by atoms with E-state index in [2.05, 4.69) is 53.3 Å². The van der Waals surface area contributed by atoms with Gasteiger partial charge in [-0.25, -0.2) is 9.59 Å². The lowest BCUT2D eigenvalue weighted by Crippen LogP contribution is -2.09. The molecule has 2 aromatic rings. The van der Waals surface area contributed by atoms with Crippen molar-refractivity contribution >= 4 is 33.6 Å². The zero-order chi connectivity index (χ0) is 20.6. The highest BCUT2D eigenvalue weighted by Crippen LogP contribution is 2.33. The Kier molecular flexibility index (Phi) is 8.61. The van der Waals surface area contributed by atoms with Crippen molar-refractivity contribution in [2.45, 2.75) is 20.4 Å². The molecule has 0 aliphatic carbocycles. The maximum absolute atomic E-state index is 9.10. The summed E-state index contributed by atoms with van der Waals surface area (Å²) in [7, 11) is 3.28. The molecule has 0 radical (unpaired) electrons. The van der Waals surface area contributed by atoms with Gasteiger partial charge in [0.2, 0.25) is 0 Å². The van der Waals surface area contributed by atoms with E-state index in [1.165, 1.54) is 11.1 Å². The molecule has 0 saturated carbocycles. The van der Waals surface area contributed by atoms with Crippen molar-refractivity contribution < 1.29 is 29.3 Å². The standard InChI is InChI=1S/C17H20BrNO2.C2H2O4/c1-11-5-6-12(2)15(7-11)19-10-13-8-16(20-3)17(21-4)9-14(13)18;3-1(4)2(5)6/h5-9,19H,10H2,1-4H3;(H,3,4)(H,5,6). The van der Waals surface area contributed by atoms with Crippen LogP contribution >= 0.6 is 15.9 Å². The minimum absolute atomic E-state index is 0.714. The predicted molar refractivity (Wildman–Crippen MR) is 106 cm³/mol. The largest absolute Gasteiger partial charge is 0.493 e. The second kappa shape index (κ2) is 10.4. The minimum Gasteiger partial charge on any atom is -0.493 e. The molecule has 0 spiro atoms. The number of anilines is 1. The second-order valence-electron chi connectivity index (χ2n) is 5.58. The van der Waals surface area contributed by atoms with Crippen LogP contribution in [0.5, 0.6) is 11.5 Å². The molecule has 0 aromatic heterocycles. The first-order valence-corrected chi connectivity index (χ1v) is 8.66. The Morgan fingerprint density at radius 2 is 1.56 bits per heavy atom. The van der Waals surface area contributed by atoms with Crippen molar-refractivity contribution in [3.05, 3.63) is 51.5 Å². The first-order chi connectivity index (χ1) is 12.7. The average Bonchev–Trinajstić information content (AvgIpc) is 2.63. The molecule has 0 atom stereocenters. The van der Waals surface area contributed by atoms with E-state index < -0.39 is 11.9 Å². The van der Waals surface area contributed by atoms with E-state index in [0.29, 0.717) is 6.54 Å². The summed E-state index contributed by atoms with van der Waals surface area (Å²) in [5, 5.41) is 18.3. The van der Waals surface area contributed by atoms with Gasteiger partial charge in [0.25, 0.3) is 0 Å². The number of methoxy groups -OCH3 is 2. The number of carboxylic acids is 2. The number of hydrogen-bond acceptors (Lipinski definition) is 5.